The van der Waals surface area contributed by atoms with Crippen LogP contribution in [0, 0.1) is 5.92 Å². The lowest BCUT2D eigenvalue weighted by Gasteiger charge is -2.27. The van der Waals surface area contributed by atoms with Crippen LogP contribution in [0.3, 0.4) is 0 Å². The summed E-state index contributed by atoms with van der Waals surface area (Å²) in [6.45, 7) is 4.62. The van der Waals surface area contributed by atoms with Gasteiger partial charge in [0.1, 0.15) is 6.04 Å². The summed E-state index contributed by atoms with van der Waals surface area (Å²) < 4.78 is 0. The van der Waals surface area contributed by atoms with E-state index < -0.39 is 0 Å². The minimum absolute atomic E-state index is 0.0284. The molecule has 0 aromatic heterocycles. The van der Waals surface area contributed by atoms with Crippen molar-refractivity contribution >= 4 is 11.8 Å². The molecule has 0 aliphatic carbocycles. The van der Waals surface area contributed by atoms with Crippen LogP contribution in [0.1, 0.15) is 26.2 Å². The largest absolute Gasteiger partial charge is 0.353 e. The van der Waals surface area contributed by atoms with Crippen LogP contribution in [0.25, 0.3) is 0 Å². The second-order valence-electron chi connectivity index (χ2n) is 4.97. The highest BCUT2D eigenvalue weighted by molar-refractivity contribution is 5.86. The molecule has 5 heteroatoms. The summed E-state index contributed by atoms with van der Waals surface area (Å²) in [6.07, 6.45) is 3.52. The molecule has 0 aromatic carbocycles. The zero-order chi connectivity index (χ0) is 12.3. The van der Waals surface area contributed by atoms with Crippen molar-refractivity contribution in [1.29, 1.82) is 0 Å². The average Bonchev–Trinajstić information content (AvgIpc) is 2.78. The van der Waals surface area contributed by atoms with E-state index in [4.69, 9.17) is 0 Å². The number of likely N-dealkylation sites (tertiary alicyclic amines) is 1. The molecule has 2 heterocycles. The second-order valence-corrected chi connectivity index (χ2v) is 4.97. The first kappa shape index (κ1) is 12.4. The molecule has 0 bridgehead atoms. The van der Waals surface area contributed by atoms with Gasteiger partial charge in [-0.3, -0.25) is 14.9 Å². The van der Waals surface area contributed by atoms with Gasteiger partial charge < -0.3 is 10.2 Å². The molecule has 0 radical (unpaired) electrons. The highest BCUT2D eigenvalue weighted by Crippen LogP contribution is 2.21. The van der Waals surface area contributed by atoms with Crippen molar-refractivity contribution in [2.75, 3.05) is 26.2 Å². The van der Waals surface area contributed by atoms with Gasteiger partial charge in [-0.2, -0.15) is 0 Å². The summed E-state index contributed by atoms with van der Waals surface area (Å²) in [7, 11) is 0. The third-order valence-electron chi connectivity index (χ3n) is 3.60. The maximum absolute atomic E-state index is 12.2. The number of carbonyl (C=O) groups excluding carboxylic acids is 2. The highest BCUT2D eigenvalue weighted by atomic mass is 16.2. The predicted molar refractivity (Wildman–Crippen MR) is 64.4 cm³/mol. The fraction of sp³-hybridized carbons (Fsp3) is 0.833. The van der Waals surface area contributed by atoms with Crippen LogP contribution < -0.4 is 10.6 Å². The van der Waals surface area contributed by atoms with Gasteiger partial charge in [0.2, 0.25) is 11.8 Å². The van der Waals surface area contributed by atoms with Gasteiger partial charge in [0, 0.05) is 19.6 Å². The van der Waals surface area contributed by atoms with Crippen LogP contribution in [0.15, 0.2) is 0 Å². The number of nitrogens with zero attached hydrogens (tertiary/aromatic N) is 1. The predicted octanol–water partition coefficient (Wildman–Crippen LogP) is -0.277. The number of amides is 2. The SMILES string of the molecule is CCCC1CCN(C(=O)C2CNC(=O)CN2)C1. The Morgan fingerprint density at radius 2 is 2.35 bits per heavy atom. The van der Waals surface area contributed by atoms with Crippen LogP contribution in [-0.2, 0) is 9.59 Å². The van der Waals surface area contributed by atoms with Gasteiger partial charge in [-0.1, -0.05) is 13.3 Å². The molecule has 2 amide bonds. The third-order valence-corrected chi connectivity index (χ3v) is 3.60. The lowest BCUT2D eigenvalue weighted by Crippen LogP contribution is -2.58. The van der Waals surface area contributed by atoms with Crippen molar-refractivity contribution in [1.82, 2.24) is 15.5 Å². The number of carbonyl (C=O) groups is 2. The third kappa shape index (κ3) is 2.97. The van der Waals surface area contributed by atoms with E-state index in [1.165, 1.54) is 12.8 Å². The maximum atomic E-state index is 12.2. The molecule has 2 aliphatic heterocycles. The molecule has 2 atom stereocenters. The normalized spacial score (nSPS) is 29.2. The topological polar surface area (TPSA) is 61.4 Å². The van der Waals surface area contributed by atoms with Crippen molar-refractivity contribution in [3.05, 3.63) is 0 Å². The number of piperazine rings is 1. The zero-order valence-electron chi connectivity index (χ0n) is 10.4. The van der Waals surface area contributed by atoms with E-state index in [0.29, 0.717) is 12.5 Å². The minimum atomic E-state index is -0.229. The standard InChI is InChI=1S/C12H21N3O2/c1-2-3-9-4-5-15(8-9)12(17)10-6-14-11(16)7-13-10/h9-10,13H,2-8H2,1H3,(H,14,16). The summed E-state index contributed by atoms with van der Waals surface area (Å²) in [5.41, 5.74) is 0. The molecule has 2 fully saturated rings. The lowest BCUT2D eigenvalue weighted by atomic mass is 10.0. The molecule has 0 aromatic rings. The summed E-state index contributed by atoms with van der Waals surface area (Å²) in [4.78, 5) is 25.1. The Bertz CT molecular complexity index is 296. The monoisotopic (exact) mass is 239 g/mol. The number of hydrogen-bond acceptors (Lipinski definition) is 3. The summed E-state index contributed by atoms with van der Waals surface area (Å²) >= 11 is 0. The first-order chi connectivity index (χ1) is 8.20. The molecule has 17 heavy (non-hydrogen) atoms. The van der Waals surface area contributed by atoms with E-state index >= 15 is 0 Å². The van der Waals surface area contributed by atoms with E-state index in [1.807, 2.05) is 4.90 Å². The first-order valence-corrected chi connectivity index (χ1v) is 6.49. The molecule has 2 aliphatic rings. The molecule has 2 rings (SSSR count). The first-order valence-electron chi connectivity index (χ1n) is 6.49. The zero-order valence-corrected chi connectivity index (χ0v) is 10.4. The molecule has 96 valence electrons. The van der Waals surface area contributed by atoms with E-state index in [1.54, 1.807) is 0 Å². The molecule has 2 N–H and O–H groups in total. The average molecular weight is 239 g/mol. The van der Waals surface area contributed by atoms with Crippen LogP contribution >= 0.6 is 0 Å². The molecule has 2 unspecified atom stereocenters. The molecule has 0 saturated carbocycles. The van der Waals surface area contributed by atoms with Crippen molar-refractivity contribution in [3.63, 3.8) is 0 Å². The quantitative estimate of drug-likeness (QED) is 0.712. The van der Waals surface area contributed by atoms with Gasteiger partial charge >= 0.3 is 0 Å². The Morgan fingerprint density at radius 3 is 3.00 bits per heavy atom. The van der Waals surface area contributed by atoms with Gasteiger partial charge in [0.05, 0.1) is 6.54 Å². The number of nitrogens with one attached hydrogen (secondary N) is 2. The summed E-state index contributed by atoms with van der Waals surface area (Å²) in [5, 5.41) is 5.71. The molecule has 5 nitrogen and oxygen atoms in total. The molecule has 2 saturated heterocycles. The Kier molecular flexibility index (Phi) is 3.99. The van der Waals surface area contributed by atoms with E-state index in [-0.39, 0.29) is 24.4 Å². The summed E-state index contributed by atoms with van der Waals surface area (Å²) in [6, 6.07) is -0.229. The highest BCUT2D eigenvalue weighted by Gasteiger charge is 2.32. The Labute approximate surface area is 102 Å². The number of hydrogen-bond donors (Lipinski definition) is 2. The van der Waals surface area contributed by atoms with Crippen molar-refractivity contribution in [2.24, 2.45) is 5.92 Å². The van der Waals surface area contributed by atoms with Crippen molar-refractivity contribution in [3.8, 4) is 0 Å². The van der Waals surface area contributed by atoms with Gasteiger partial charge in [0.25, 0.3) is 0 Å². The van der Waals surface area contributed by atoms with Gasteiger partial charge in [-0.25, -0.2) is 0 Å². The lowest BCUT2D eigenvalue weighted by molar-refractivity contribution is -0.134. The van der Waals surface area contributed by atoms with Crippen LogP contribution in [0.4, 0.5) is 0 Å². The Balaban J connectivity index is 1.82. The van der Waals surface area contributed by atoms with E-state index in [0.717, 1.165) is 19.5 Å². The Hall–Kier alpha value is -1.10. The van der Waals surface area contributed by atoms with Gasteiger partial charge in [-0.05, 0) is 18.8 Å². The summed E-state index contributed by atoms with van der Waals surface area (Å²) in [5.74, 6) is 0.782. The fourth-order valence-electron chi connectivity index (χ4n) is 2.64. The van der Waals surface area contributed by atoms with Crippen molar-refractivity contribution in [2.45, 2.75) is 32.2 Å². The smallest absolute Gasteiger partial charge is 0.241 e. The fourth-order valence-corrected chi connectivity index (χ4v) is 2.64. The van der Waals surface area contributed by atoms with Crippen molar-refractivity contribution < 1.29 is 9.59 Å². The van der Waals surface area contributed by atoms with Crippen LogP contribution in [0.5, 0.6) is 0 Å². The maximum Gasteiger partial charge on any atom is 0.241 e. The molecular formula is C12H21N3O2. The van der Waals surface area contributed by atoms with Crippen LogP contribution in [-0.4, -0.2) is 48.9 Å². The van der Waals surface area contributed by atoms with E-state index in [9.17, 15) is 9.59 Å². The number of rotatable bonds is 3. The second kappa shape index (κ2) is 5.49. The van der Waals surface area contributed by atoms with Crippen LogP contribution in [0.2, 0.25) is 0 Å². The minimum Gasteiger partial charge on any atom is -0.353 e. The van der Waals surface area contributed by atoms with Gasteiger partial charge in [-0.15, -0.1) is 0 Å². The van der Waals surface area contributed by atoms with Gasteiger partial charge in [0.15, 0.2) is 0 Å². The molecular weight excluding hydrogens is 218 g/mol. The van der Waals surface area contributed by atoms with E-state index in [2.05, 4.69) is 17.6 Å². The molecule has 0 spiro atoms. The Morgan fingerprint density at radius 1 is 1.53 bits per heavy atom.